The van der Waals surface area contributed by atoms with E-state index in [1.54, 1.807) is 12.1 Å². The summed E-state index contributed by atoms with van der Waals surface area (Å²) in [5.74, 6) is 0.158. The normalized spacial score (nSPS) is 11.8. The Kier molecular flexibility index (Phi) is 8.15. The summed E-state index contributed by atoms with van der Waals surface area (Å²) in [4.78, 5) is 24.9. The molecule has 0 fully saturated rings. The van der Waals surface area contributed by atoms with Crippen molar-refractivity contribution in [3.05, 3.63) is 69.5 Å². The molecule has 0 aliphatic carbocycles. The van der Waals surface area contributed by atoms with Crippen LogP contribution in [0.4, 0.5) is 5.69 Å². The molecule has 32 heavy (non-hydrogen) atoms. The Morgan fingerprint density at radius 1 is 1.22 bits per heavy atom. The highest BCUT2D eigenvalue weighted by Gasteiger charge is 2.17. The van der Waals surface area contributed by atoms with Crippen molar-refractivity contribution in [3.63, 3.8) is 0 Å². The zero-order valence-electron chi connectivity index (χ0n) is 17.1. The van der Waals surface area contributed by atoms with Crippen molar-refractivity contribution in [1.29, 1.82) is 5.41 Å². The summed E-state index contributed by atoms with van der Waals surface area (Å²) in [6.45, 7) is 0.252. The van der Waals surface area contributed by atoms with Crippen LogP contribution in [0, 0.1) is 5.41 Å². The van der Waals surface area contributed by atoms with Gasteiger partial charge in [-0.15, -0.1) is 0 Å². The average molecular weight is 475 g/mol. The molecule has 10 heteroatoms. The predicted octanol–water partition coefficient (Wildman–Crippen LogP) is 3.35. The summed E-state index contributed by atoms with van der Waals surface area (Å²) in [7, 11) is 0. The van der Waals surface area contributed by atoms with Gasteiger partial charge in [0.2, 0.25) is 5.91 Å². The van der Waals surface area contributed by atoms with Gasteiger partial charge in [0.05, 0.1) is 18.0 Å². The van der Waals surface area contributed by atoms with Gasteiger partial charge in [0, 0.05) is 16.8 Å². The van der Waals surface area contributed by atoms with E-state index in [2.05, 4.69) is 5.32 Å². The highest BCUT2D eigenvalue weighted by atomic mass is 35.5. The van der Waals surface area contributed by atoms with Gasteiger partial charge in [-0.25, -0.2) is 4.79 Å². The van der Waals surface area contributed by atoms with Crippen molar-refractivity contribution < 1.29 is 13.9 Å². The first kappa shape index (κ1) is 23.6. The number of amidine groups is 1. The lowest BCUT2D eigenvalue weighted by molar-refractivity contribution is -0.117. The molecule has 0 aliphatic rings. The second kappa shape index (κ2) is 11.0. The molecule has 0 spiro atoms. The molecule has 3 rings (SSSR count). The molecular formula is C22H23ClN4O4S. The number of hydrogen-bond donors (Lipinski definition) is 4. The van der Waals surface area contributed by atoms with Gasteiger partial charge < -0.3 is 25.9 Å². The number of ether oxygens (including phenoxy) is 1. The molecule has 168 valence electrons. The third-order valence-electron chi connectivity index (χ3n) is 4.52. The van der Waals surface area contributed by atoms with Gasteiger partial charge in [0.15, 0.2) is 5.17 Å². The molecule has 0 saturated carbocycles. The van der Waals surface area contributed by atoms with Gasteiger partial charge in [0.25, 0.3) is 0 Å². The number of fused-ring (bicyclic) bond motifs is 1. The van der Waals surface area contributed by atoms with Crippen LogP contribution in [0.5, 0.6) is 5.95 Å². The fourth-order valence-corrected chi connectivity index (χ4v) is 3.71. The number of hydrogen-bond acceptors (Lipinski definition) is 7. The van der Waals surface area contributed by atoms with Crippen LogP contribution in [-0.2, 0) is 11.2 Å². The summed E-state index contributed by atoms with van der Waals surface area (Å²) in [6, 6.07) is 13.5. The van der Waals surface area contributed by atoms with Crippen LogP contribution in [0.1, 0.15) is 12.0 Å². The SMILES string of the molecule is N=C(N)SCCCOc1oc(=O)c2cc(NC(=O)[C@@H](N)Cc3ccccc3)ccc2c1Cl. The van der Waals surface area contributed by atoms with E-state index in [1.165, 1.54) is 17.8 Å². The molecule has 0 aliphatic heterocycles. The van der Waals surface area contributed by atoms with E-state index in [0.29, 0.717) is 29.7 Å². The van der Waals surface area contributed by atoms with Crippen LogP contribution in [0.3, 0.4) is 0 Å². The van der Waals surface area contributed by atoms with Gasteiger partial charge in [0.1, 0.15) is 5.02 Å². The molecule has 8 nitrogen and oxygen atoms in total. The number of halogens is 1. The fourth-order valence-electron chi connectivity index (χ4n) is 2.97. The molecule has 0 radical (unpaired) electrons. The van der Waals surface area contributed by atoms with Crippen molar-refractivity contribution in [2.75, 3.05) is 17.7 Å². The molecule has 2 aromatic carbocycles. The maximum atomic E-state index is 12.5. The Morgan fingerprint density at radius 3 is 2.69 bits per heavy atom. The quantitative estimate of drug-likeness (QED) is 0.211. The Labute approximate surface area is 193 Å². The topological polar surface area (TPSA) is 144 Å². The van der Waals surface area contributed by atoms with Crippen LogP contribution >= 0.6 is 23.4 Å². The minimum Gasteiger partial charge on any atom is -0.464 e. The Balaban J connectivity index is 1.68. The van der Waals surface area contributed by atoms with Crippen molar-refractivity contribution in [3.8, 4) is 5.95 Å². The first-order valence-electron chi connectivity index (χ1n) is 9.81. The highest BCUT2D eigenvalue weighted by Crippen LogP contribution is 2.32. The number of carbonyl (C=O) groups excluding carboxylic acids is 1. The molecule has 0 unspecified atom stereocenters. The van der Waals surface area contributed by atoms with Gasteiger partial charge in [-0.1, -0.05) is 59.8 Å². The third kappa shape index (κ3) is 6.25. The lowest BCUT2D eigenvalue weighted by Gasteiger charge is -2.13. The van der Waals surface area contributed by atoms with Gasteiger partial charge in [-0.05, 0) is 30.5 Å². The van der Waals surface area contributed by atoms with Crippen LogP contribution < -0.4 is 27.1 Å². The first-order chi connectivity index (χ1) is 15.3. The molecule has 1 amide bonds. The zero-order chi connectivity index (χ0) is 23.1. The number of amides is 1. The second-order valence-corrected chi connectivity index (χ2v) is 8.47. The Hall–Kier alpha value is -3.01. The van der Waals surface area contributed by atoms with Gasteiger partial charge in [-0.3, -0.25) is 10.2 Å². The monoisotopic (exact) mass is 474 g/mol. The van der Waals surface area contributed by atoms with E-state index >= 15 is 0 Å². The van der Waals surface area contributed by atoms with E-state index in [4.69, 9.17) is 37.6 Å². The van der Waals surface area contributed by atoms with E-state index < -0.39 is 11.7 Å². The number of nitrogens with two attached hydrogens (primary N) is 2. The minimum absolute atomic E-state index is 0.0317. The summed E-state index contributed by atoms with van der Waals surface area (Å²) in [5, 5.41) is 10.7. The van der Waals surface area contributed by atoms with Crippen molar-refractivity contribution in [1.82, 2.24) is 0 Å². The lowest BCUT2D eigenvalue weighted by Crippen LogP contribution is -2.37. The van der Waals surface area contributed by atoms with E-state index in [1.807, 2.05) is 30.3 Å². The highest BCUT2D eigenvalue weighted by molar-refractivity contribution is 8.13. The zero-order valence-corrected chi connectivity index (χ0v) is 18.7. The minimum atomic E-state index is -0.745. The summed E-state index contributed by atoms with van der Waals surface area (Å²) >= 11 is 7.55. The maximum Gasteiger partial charge on any atom is 0.346 e. The van der Waals surface area contributed by atoms with Crippen LogP contribution in [0.15, 0.2) is 57.7 Å². The second-order valence-electron chi connectivity index (χ2n) is 6.95. The number of thioether (sulfide) groups is 1. The van der Waals surface area contributed by atoms with Crippen molar-refractivity contribution in [2.45, 2.75) is 18.9 Å². The number of nitrogens with one attached hydrogen (secondary N) is 2. The van der Waals surface area contributed by atoms with E-state index in [0.717, 1.165) is 5.56 Å². The fraction of sp³-hybridized carbons (Fsp3) is 0.227. The van der Waals surface area contributed by atoms with Gasteiger partial charge >= 0.3 is 11.6 Å². The molecule has 1 heterocycles. The molecule has 0 saturated heterocycles. The third-order valence-corrected chi connectivity index (χ3v) is 5.68. The summed E-state index contributed by atoms with van der Waals surface area (Å²) in [5.41, 5.74) is 12.0. The predicted molar refractivity (Wildman–Crippen MR) is 129 cm³/mol. The molecule has 3 aromatic rings. The molecule has 0 bridgehead atoms. The Morgan fingerprint density at radius 2 is 1.97 bits per heavy atom. The molecular weight excluding hydrogens is 452 g/mol. The van der Waals surface area contributed by atoms with Crippen LogP contribution in [-0.4, -0.2) is 29.5 Å². The van der Waals surface area contributed by atoms with E-state index in [-0.39, 0.29) is 34.0 Å². The first-order valence-corrected chi connectivity index (χ1v) is 11.2. The number of rotatable bonds is 9. The summed E-state index contributed by atoms with van der Waals surface area (Å²) < 4.78 is 10.7. The van der Waals surface area contributed by atoms with Gasteiger partial charge in [-0.2, -0.15) is 0 Å². The van der Waals surface area contributed by atoms with Crippen LogP contribution in [0.25, 0.3) is 10.8 Å². The smallest absolute Gasteiger partial charge is 0.346 e. The lowest BCUT2D eigenvalue weighted by atomic mass is 10.1. The largest absolute Gasteiger partial charge is 0.464 e. The number of anilines is 1. The van der Waals surface area contributed by atoms with Crippen molar-refractivity contribution in [2.24, 2.45) is 11.5 Å². The standard InChI is InChI=1S/C22H23ClN4O4S/c23-18-15-8-7-14(27-19(28)17(24)11-13-5-2-1-3-6-13)12-16(15)20(29)31-21(18)30-9-4-10-32-22(25)26/h1-3,5-8,12,17H,4,9-11,24H2,(H3,25,26)(H,27,28)/t17-/m0/s1. The van der Waals surface area contributed by atoms with Crippen LogP contribution in [0.2, 0.25) is 5.02 Å². The van der Waals surface area contributed by atoms with E-state index in [9.17, 15) is 9.59 Å². The van der Waals surface area contributed by atoms with Crippen molar-refractivity contribution >= 4 is 50.9 Å². The average Bonchev–Trinajstić information content (AvgIpc) is 2.77. The molecule has 1 aromatic heterocycles. The number of carbonyl (C=O) groups is 1. The molecule has 6 N–H and O–H groups in total. The molecule has 1 atom stereocenters. The Bertz CT molecular complexity index is 1170. The summed E-state index contributed by atoms with van der Waals surface area (Å²) in [6.07, 6.45) is 0.983. The maximum absolute atomic E-state index is 12.5. The number of benzene rings is 2.